The lowest BCUT2D eigenvalue weighted by atomic mass is 9.96. The number of allylic oxidation sites excluding steroid dienone is 19. The van der Waals surface area contributed by atoms with Gasteiger partial charge in [0.1, 0.15) is 73.2 Å². The number of rotatable bonds is 61. The molecule has 17 atom stereocenters. The molecule has 586 valence electrons. The fourth-order valence-electron chi connectivity index (χ4n) is 12.6. The van der Waals surface area contributed by atoms with E-state index >= 15 is 0 Å². The number of hydrogen-bond donors (Lipinski definition) is 12. The standard InChI is InChI=1S/C83H141NO18/c1-3-5-7-9-11-13-15-17-19-21-22-23-24-25-26-27-28-29-30-31-32-33-34-35-36-37-38-39-40-41-42-43-44-45-47-49-51-53-55-57-59-61-71(89)84-66(67(88)60-58-56-54-52-50-48-46-20-18-16-14-12-10-8-6-4-2)65-97-81-77(95)74(92)79(69(63-86)99-81)102-83-78(96)75(93)80(70(64-87)100-83)101-82-76(94)73(91)72(90)68(62-85)98-82/h5,7,11,13,17-20,22-23,25-26,28-29,31-32,50,52,58,60,66-70,72-83,85-88,90-96H,3-4,6,8-10,12,14-16,21,24,27,30,33-49,51,53-57,59,61-65H2,1-2H3,(H,84,89)/b7-5-,13-11-,19-17-,20-18+,23-22-,26-25-,29-28-,32-31-,52-50+,60-58+. The summed E-state index contributed by atoms with van der Waals surface area (Å²) in [5.41, 5.74) is 0. The molecular formula is C83H141NO18. The van der Waals surface area contributed by atoms with Gasteiger partial charge in [-0.05, 0) is 103 Å². The highest BCUT2D eigenvalue weighted by Gasteiger charge is 2.53. The van der Waals surface area contributed by atoms with Crippen LogP contribution in [0.4, 0.5) is 0 Å². The minimum absolute atomic E-state index is 0.228. The van der Waals surface area contributed by atoms with E-state index in [1.165, 1.54) is 141 Å². The van der Waals surface area contributed by atoms with Gasteiger partial charge in [-0.15, -0.1) is 0 Å². The van der Waals surface area contributed by atoms with Crippen molar-refractivity contribution in [2.45, 2.75) is 369 Å². The molecule has 19 heteroatoms. The molecule has 17 unspecified atom stereocenters. The van der Waals surface area contributed by atoms with Crippen LogP contribution in [-0.2, 0) is 33.2 Å². The number of aliphatic hydroxyl groups is 11. The predicted molar refractivity (Wildman–Crippen MR) is 406 cm³/mol. The summed E-state index contributed by atoms with van der Waals surface area (Å²) in [6.45, 7) is 1.58. The van der Waals surface area contributed by atoms with Gasteiger partial charge in [0.05, 0.1) is 38.6 Å². The molecule has 12 N–H and O–H groups in total. The van der Waals surface area contributed by atoms with Crippen molar-refractivity contribution in [1.82, 2.24) is 5.32 Å². The first-order valence-electron chi connectivity index (χ1n) is 39.8. The molecule has 0 aromatic rings. The molecule has 0 aromatic heterocycles. The third kappa shape index (κ3) is 41.9. The Bertz CT molecular complexity index is 2320. The molecule has 0 bridgehead atoms. The van der Waals surface area contributed by atoms with Gasteiger partial charge in [0.2, 0.25) is 5.91 Å². The molecular weight excluding hydrogens is 1300 g/mol. The molecule has 3 fully saturated rings. The highest BCUT2D eigenvalue weighted by molar-refractivity contribution is 5.76. The molecule has 3 aliphatic heterocycles. The van der Waals surface area contributed by atoms with Gasteiger partial charge in [-0.3, -0.25) is 4.79 Å². The van der Waals surface area contributed by atoms with Gasteiger partial charge in [0.15, 0.2) is 18.9 Å². The lowest BCUT2D eigenvalue weighted by Crippen LogP contribution is -2.66. The van der Waals surface area contributed by atoms with E-state index in [1.54, 1.807) is 6.08 Å². The highest BCUT2D eigenvalue weighted by atomic mass is 16.8. The van der Waals surface area contributed by atoms with Crippen LogP contribution < -0.4 is 5.32 Å². The van der Waals surface area contributed by atoms with Gasteiger partial charge < -0.3 is 89.9 Å². The molecule has 1 amide bonds. The van der Waals surface area contributed by atoms with Crippen molar-refractivity contribution in [3.8, 4) is 0 Å². The molecule has 3 heterocycles. The third-order valence-corrected chi connectivity index (χ3v) is 19.0. The molecule has 0 saturated carbocycles. The maximum Gasteiger partial charge on any atom is 0.220 e. The average molecular weight is 1440 g/mol. The summed E-state index contributed by atoms with van der Waals surface area (Å²) >= 11 is 0. The van der Waals surface area contributed by atoms with Crippen LogP contribution in [-0.4, -0.2) is 193 Å². The summed E-state index contributed by atoms with van der Waals surface area (Å²) in [5, 5.41) is 121. The zero-order valence-corrected chi connectivity index (χ0v) is 62.5. The Morgan fingerprint density at radius 1 is 0.363 bits per heavy atom. The van der Waals surface area contributed by atoms with Gasteiger partial charge in [-0.25, -0.2) is 0 Å². The predicted octanol–water partition coefficient (Wildman–Crippen LogP) is 13.1. The van der Waals surface area contributed by atoms with Crippen LogP contribution in [0.3, 0.4) is 0 Å². The first kappa shape index (κ1) is 92.4. The van der Waals surface area contributed by atoms with Crippen molar-refractivity contribution in [1.29, 1.82) is 0 Å². The van der Waals surface area contributed by atoms with E-state index in [0.717, 1.165) is 89.9 Å². The Morgan fingerprint density at radius 3 is 1.10 bits per heavy atom. The number of amides is 1. The SMILES string of the molecule is CC/C=C\C/C=C\C/C=C\C/C=C\C/C=C\C/C=C\C/C=C\CCCCCCCCCCCCCCCCCCCCCC(=O)NC(COC1OC(CO)C(OC2OC(CO)C(OC3OC(CO)C(O)C(O)C3O)C(O)C2O)C(O)C1O)C(O)/C=C/CC/C=C/CC/C=C/CCCCCCCC. The van der Waals surface area contributed by atoms with E-state index in [9.17, 15) is 61.0 Å². The molecule has 0 aliphatic carbocycles. The summed E-state index contributed by atoms with van der Waals surface area (Å²) in [4.78, 5) is 13.4. The lowest BCUT2D eigenvalue weighted by molar-refractivity contribution is -0.379. The van der Waals surface area contributed by atoms with Crippen LogP contribution in [0.15, 0.2) is 122 Å². The van der Waals surface area contributed by atoms with Gasteiger partial charge >= 0.3 is 0 Å². The number of unbranched alkanes of at least 4 members (excludes halogenated alkanes) is 27. The number of nitrogens with one attached hydrogen (secondary N) is 1. The number of carbonyl (C=O) groups excluding carboxylic acids is 1. The van der Waals surface area contributed by atoms with Crippen LogP contribution >= 0.6 is 0 Å². The second kappa shape index (κ2) is 62.3. The van der Waals surface area contributed by atoms with Crippen LogP contribution in [0.2, 0.25) is 0 Å². The summed E-state index contributed by atoms with van der Waals surface area (Å²) < 4.78 is 34.4. The van der Waals surface area contributed by atoms with Crippen molar-refractivity contribution < 1.29 is 89.4 Å². The minimum atomic E-state index is -1.99. The smallest absolute Gasteiger partial charge is 0.220 e. The normalized spacial score (nSPS) is 26.9. The first-order valence-corrected chi connectivity index (χ1v) is 39.8. The monoisotopic (exact) mass is 1440 g/mol. The summed E-state index contributed by atoms with van der Waals surface area (Å²) in [5.74, 6) is -0.291. The van der Waals surface area contributed by atoms with Crippen molar-refractivity contribution >= 4 is 5.91 Å². The van der Waals surface area contributed by atoms with Gasteiger partial charge in [0.25, 0.3) is 0 Å². The molecule has 19 nitrogen and oxygen atoms in total. The van der Waals surface area contributed by atoms with Gasteiger partial charge in [-0.1, -0.05) is 277 Å². The van der Waals surface area contributed by atoms with E-state index in [0.29, 0.717) is 12.8 Å². The second-order valence-electron chi connectivity index (χ2n) is 27.8. The number of hydrogen-bond acceptors (Lipinski definition) is 18. The quantitative estimate of drug-likeness (QED) is 0.0199. The molecule has 3 aliphatic rings. The van der Waals surface area contributed by atoms with Gasteiger partial charge in [-0.2, -0.15) is 0 Å². The van der Waals surface area contributed by atoms with Crippen molar-refractivity contribution in [2.24, 2.45) is 0 Å². The van der Waals surface area contributed by atoms with Crippen molar-refractivity contribution in [2.75, 3.05) is 26.4 Å². The van der Waals surface area contributed by atoms with E-state index in [1.807, 2.05) is 6.08 Å². The third-order valence-electron chi connectivity index (χ3n) is 19.0. The van der Waals surface area contributed by atoms with E-state index in [-0.39, 0.29) is 18.9 Å². The average Bonchev–Trinajstić information content (AvgIpc) is 0.755. The molecule has 0 aromatic carbocycles. The Balaban J connectivity index is 1.31. The highest BCUT2D eigenvalue weighted by Crippen LogP contribution is 2.33. The van der Waals surface area contributed by atoms with E-state index in [4.69, 9.17) is 28.4 Å². The number of carbonyl (C=O) groups is 1. The number of ether oxygens (including phenoxy) is 6. The van der Waals surface area contributed by atoms with Crippen LogP contribution in [0, 0.1) is 0 Å². The lowest BCUT2D eigenvalue weighted by Gasteiger charge is -2.48. The van der Waals surface area contributed by atoms with Crippen LogP contribution in [0.1, 0.15) is 264 Å². The van der Waals surface area contributed by atoms with E-state index < -0.39 is 124 Å². The Hall–Kier alpha value is -3.81. The molecule has 3 rings (SSSR count). The number of aliphatic hydroxyl groups excluding tert-OH is 11. The zero-order chi connectivity index (χ0) is 73.9. The fourth-order valence-corrected chi connectivity index (χ4v) is 12.6. The van der Waals surface area contributed by atoms with Gasteiger partial charge in [0, 0.05) is 6.42 Å². The largest absolute Gasteiger partial charge is 0.394 e. The maximum absolute atomic E-state index is 13.4. The van der Waals surface area contributed by atoms with E-state index in [2.05, 4.69) is 129 Å². The Labute approximate surface area is 614 Å². The minimum Gasteiger partial charge on any atom is -0.394 e. The topological polar surface area (TPSA) is 307 Å². The molecule has 102 heavy (non-hydrogen) atoms. The second-order valence-corrected chi connectivity index (χ2v) is 27.8. The zero-order valence-electron chi connectivity index (χ0n) is 62.5. The maximum atomic E-state index is 13.4. The summed E-state index contributed by atoms with van der Waals surface area (Å²) in [6, 6.07) is -1.00. The fraction of sp³-hybridized carbons (Fsp3) is 0.747. The first-order chi connectivity index (χ1) is 49.8. The van der Waals surface area contributed by atoms with Crippen LogP contribution in [0.5, 0.6) is 0 Å². The van der Waals surface area contributed by atoms with Crippen LogP contribution in [0.25, 0.3) is 0 Å². The Kier molecular flexibility index (Phi) is 56.4. The summed E-state index contributed by atoms with van der Waals surface area (Å²) in [6.07, 6.45) is 60.6. The molecule has 0 radical (unpaired) electrons. The van der Waals surface area contributed by atoms with Crippen molar-refractivity contribution in [3.05, 3.63) is 122 Å². The van der Waals surface area contributed by atoms with Crippen molar-refractivity contribution in [3.63, 3.8) is 0 Å². The summed E-state index contributed by atoms with van der Waals surface area (Å²) in [7, 11) is 0. The molecule has 3 saturated heterocycles. The Morgan fingerprint density at radius 2 is 0.686 bits per heavy atom. The molecule has 0 spiro atoms.